The Labute approximate surface area is 120 Å². The lowest BCUT2D eigenvalue weighted by Gasteiger charge is -2.27. The third-order valence-corrected chi connectivity index (χ3v) is 3.97. The summed E-state index contributed by atoms with van der Waals surface area (Å²) in [5, 5.41) is 12.9. The molecule has 0 radical (unpaired) electrons. The maximum absolute atomic E-state index is 11.4. The van der Waals surface area contributed by atoms with E-state index >= 15 is 0 Å². The summed E-state index contributed by atoms with van der Waals surface area (Å²) in [5.74, 6) is -0.412. The van der Waals surface area contributed by atoms with Crippen molar-refractivity contribution in [1.82, 2.24) is 0 Å². The van der Waals surface area contributed by atoms with E-state index in [0.717, 1.165) is 34.9 Å². The van der Waals surface area contributed by atoms with Gasteiger partial charge >= 0.3 is 0 Å². The molecule has 0 atom stereocenters. The molecule has 1 aliphatic rings. The average Bonchev–Trinajstić information content (AvgIpc) is 2.32. The zero-order valence-corrected chi connectivity index (χ0v) is 12.2. The topological polar surface area (TPSA) is 75.4 Å². The van der Waals surface area contributed by atoms with Crippen molar-refractivity contribution in [2.75, 3.05) is 5.32 Å². The van der Waals surface area contributed by atoms with Crippen LogP contribution in [-0.2, 0) is 0 Å². The van der Waals surface area contributed by atoms with Crippen LogP contribution in [0.25, 0.3) is 0 Å². The third-order valence-electron chi connectivity index (χ3n) is 3.30. The highest BCUT2D eigenvalue weighted by atomic mass is 127. The molecule has 0 bridgehead atoms. The summed E-state index contributed by atoms with van der Waals surface area (Å²) in [4.78, 5) is 11.4. The lowest BCUT2D eigenvalue weighted by atomic mass is 9.93. The Morgan fingerprint density at radius 2 is 2.00 bits per heavy atom. The molecule has 4 N–H and O–H groups in total. The van der Waals surface area contributed by atoms with Crippen LogP contribution >= 0.6 is 22.6 Å². The number of aliphatic hydroxyl groups is 1. The second-order valence-corrected chi connectivity index (χ2v) is 5.95. The molecule has 1 amide bonds. The van der Waals surface area contributed by atoms with Crippen LogP contribution in [0.5, 0.6) is 0 Å². The van der Waals surface area contributed by atoms with Crippen molar-refractivity contribution < 1.29 is 9.90 Å². The van der Waals surface area contributed by atoms with Crippen LogP contribution in [0.4, 0.5) is 5.69 Å². The number of hydrogen-bond donors (Lipinski definition) is 3. The number of rotatable bonds is 3. The fourth-order valence-electron chi connectivity index (χ4n) is 2.29. The summed E-state index contributed by atoms with van der Waals surface area (Å²) in [6, 6.07) is 5.87. The third kappa shape index (κ3) is 3.35. The van der Waals surface area contributed by atoms with E-state index < -0.39 is 5.91 Å². The van der Waals surface area contributed by atoms with Gasteiger partial charge in [-0.05, 0) is 66.5 Å². The number of carbonyl (C=O) groups excluding carboxylic acids is 1. The molecule has 1 aromatic carbocycles. The SMILES string of the molecule is NC(=O)c1ccc(I)cc1N[C@H]1CC[C@H](O)CC1. The van der Waals surface area contributed by atoms with E-state index in [4.69, 9.17) is 5.73 Å². The molecule has 1 fully saturated rings. The molecule has 5 heteroatoms. The fourth-order valence-corrected chi connectivity index (χ4v) is 2.78. The number of carbonyl (C=O) groups is 1. The Hall–Kier alpha value is -0.820. The van der Waals surface area contributed by atoms with Crippen LogP contribution in [-0.4, -0.2) is 23.2 Å². The first-order valence-corrected chi connectivity index (χ1v) is 7.18. The number of anilines is 1. The van der Waals surface area contributed by atoms with Crippen LogP contribution in [0.2, 0.25) is 0 Å². The number of nitrogens with two attached hydrogens (primary N) is 1. The van der Waals surface area contributed by atoms with Gasteiger partial charge in [0.15, 0.2) is 0 Å². The number of aliphatic hydroxyl groups excluding tert-OH is 1. The first-order chi connectivity index (χ1) is 8.56. The monoisotopic (exact) mass is 360 g/mol. The average molecular weight is 360 g/mol. The van der Waals surface area contributed by atoms with Gasteiger partial charge < -0.3 is 16.2 Å². The van der Waals surface area contributed by atoms with Crippen molar-refractivity contribution in [2.45, 2.75) is 37.8 Å². The van der Waals surface area contributed by atoms with Crippen LogP contribution in [0.15, 0.2) is 18.2 Å². The smallest absolute Gasteiger partial charge is 0.250 e. The van der Waals surface area contributed by atoms with Gasteiger partial charge in [0.05, 0.1) is 11.7 Å². The molecule has 18 heavy (non-hydrogen) atoms. The summed E-state index contributed by atoms with van der Waals surface area (Å²) in [6.07, 6.45) is 3.30. The predicted octanol–water partition coefficient (Wildman–Crippen LogP) is 2.11. The molecule has 2 rings (SSSR count). The molecule has 0 aromatic heterocycles. The van der Waals surface area contributed by atoms with E-state index in [9.17, 15) is 9.90 Å². The minimum atomic E-state index is -0.412. The van der Waals surface area contributed by atoms with Gasteiger partial charge in [-0.3, -0.25) is 4.79 Å². The van der Waals surface area contributed by atoms with E-state index in [1.807, 2.05) is 12.1 Å². The Balaban J connectivity index is 2.12. The number of amides is 1. The standard InChI is InChI=1S/C13H17IN2O2/c14-8-1-6-11(13(15)18)12(7-8)16-9-2-4-10(17)5-3-9/h1,6-7,9-10,16-17H,2-5H2,(H2,15,18)/t9-,10-. The number of benzene rings is 1. The Kier molecular flexibility index (Phi) is 4.45. The van der Waals surface area contributed by atoms with Crippen molar-refractivity contribution in [1.29, 1.82) is 0 Å². The predicted molar refractivity (Wildman–Crippen MR) is 79.6 cm³/mol. The van der Waals surface area contributed by atoms with Crippen molar-refractivity contribution >= 4 is 34.2 Å². The molecule has 1 saturated carbocycles. The molecule has 0 spiro atoms. The lowest BCUT2D eigenvalue weighted by molar-refractivity contribution is 0.100. The summed E-state index contributed by atoms with van der Waals surface area (Å²) >= 11 is 2.21. The van der Waals surface area contributed by atoms with Gasteiger partial charge in [0.1, 0.15) is 0 Å². The van der Waals surface area contributed by atoms with Crippen molar-refractivity contribution in [3.8, 4) is 0 Å². The minimum absolute atomic E-state index is 0.172. The molecule has 98 valence electrons. The summed E-state index contributed by atoms with van der Waals surface area (Å²) in [5.41, 5.74) is 6.70. The number of halogens is 1. The Morgan fingerprint density at radius 3 is 2.61 bits per heavy atom. The van der Waals surface area contributed by atoms with Crippen LogP contribution in [0.1, 0.15) is 36.0 Å². The van der Waals surface area contributed by atoms with Crippen molar-refractivity contribution in [3.63, 3.8) is 0 Å². The van der Waals surface area contributed by atoms with Gasteiger partial charge in [-0.1, -0.05) is 0 Å². The van der Waals surface area contributed by atoms with Crippen LogP contribution in [0, 0.1) is 3.57 Å². The van der Waals surface area contributed by atoms with Gasteiger partial charge in [-0.15, -0.1) is 0 Å². The van der Waals surface area contributed by atoms with E-state index in [-0.39, 0.29) is 6.10 Å². The highest BCUT2D eigenvalue weighted by molar-refractivity contribution is 14.1. The first kappa shape index (κ1) is 13.6. The molecule has 0 heterocycles. The first-order valence-electron chi connectivity index (χ1n) is 6.10. The molecule has 4 nitrogen and oxygen atoms in total. The Morgan fingerprint density at radius 1 is 1.33 bits per heavy atom. The fraction of sp³-hybridized carbons (Fsp3) is 0.462. The maximum Gasteiger partial charge on any atom is 0.250 e. The maximum atomic E-state index is 11.4. The summed E-state index contributed by atoms with van der Waals surface area (Å²) in [6.45, 7) is 0. The normalized spacial score (nSPS) is 23.7. The highest BCUT2D eigenvalue weighted by Gasteiger charge is 2.20. The minimum Gasteiger partial charge on any atom is -0.393 e. The zero-order valence-electron chi connectivity index (χ0n) is 10.0. The largest absolute Gasteiger partial charge is 0.393 e. The molecular weight excluding hydrogens is 343 g/mol. The van der Waals surface area contributed by atoms with Gasteiger partial charge in [0.25, 0.3) is 5.91 Å². The molecule has 0 saturated heterocycles. The van der Waals surface area contributed by atoms with Crippen LogP contribution in [0.3, 0.4) is 0 Å². The highest BCUT2D eigenvalue weighted by Crippen LogP contribution is 2.25. The van der Waals surface area contributed by atoms with Gasteiger partial charge in [-0.2, -0.15) is 0 Å². The molecular formula is C13H17IN2O2. The molecule has 1 aromatic rings. The van der Waals surface area contributed by atoms with Gasteiger partial charge in [0, 0.05) is 15.3 Å². The van der Waals surface area contributed by atoms with Crippen molar-refractivity contribution in [2.24, 2.45) is 5.73 Å². The van der Waals surface area contributed by atoms with E-state index in [1.54, 1.807) is 6.07 Å². The van der Waals surface area contributed by atoms with Gasteiger partial charge in [-0.25, -0.2) is 0 Å². The quantitative estimate of drug-likeness (QED) is 0.723. The summed E-state index contributed by atoms with van der Waals surface area (Å²) in [7, 11) is 0. The van der Waals surface area contributed by atoms with E-state index in [1.165, 1.54) is 0 Å². The van der Waals surface area contributed by atoms with E-state index in [0.29, 0.717) is 11.6 Å². The number of primary amides is 1. The Bertz CT molecular complexity index is 443. The summed E-state index contributed by atoms with van der Waals surface area (Å²) < 4.78 is 1.07. The molecule has 1 aliphatic carbocycles. The second-order valence-electron chi connectivity index (χ2n) is 4.70. The zero-order chi connectivity index (χ0) is 13.1. The lowest BCUT2D eigenvalue weighted by Crippen LogP contribution is -2.29. The van der Waals surface area contributed by atoms with Crippen LogP contribution < -0.4 is 11.1 Å². The molecule has 0 unspecified atom stereocenters. The van der Waals surface area contributed by atoms with Crippen molar-refractivity contribution in [3.05, 3.63) is 27.3 Å². The van der Waals surface area contributed by atoms with Gasteiger partial charge in [0.2, 0.25) is 0 Å². The number of hydrogen-bond acceptors (Lipinski definition) is 3. The second kappa shape index (κ2) is 5.88. The van der Waals surface area contributed by atoms with E-state index in [2.05, 4.69) is 27.9 Å². The number of nitrogens with one attached hydrogen (secondary N) is 1. The molecule has 0 aliphatic heterocycles.